The summed E-state index contributed by atoms with van der Waals surface area (Å²) in [5.41, 5.74) is 0.0377. The van der Waals surface area contributed by atoms with Crippen LogP contribution in [0.1, 0.15) is 52.3 Å². The maximum absolute atomic E-state index is 5.31. The van der Waals surface area contributed by atoms with Gasteiger partial charge in [0.15, 0.2) is 5.82 Å². The second-order valence-corrected chi connectivity index (χ2v) is 5.33. The van der Waals surface area contributed by atoms with E-state index in [4.69, 9.17) is 4.52 Å². The smallest absolute Gasteiger partial charge is 0.246 e. The first-order valence-corrected chi connectivity index (χ1v) is 5.58. The second-order valence-electron chi connectivity index (χ2n) is 5.33. The van der Waals surface area contributed by atoms with E-state index in [-0.39, 0.29) is 11.1 Å². The molecular formula is C11H19N3O. The summed E-state index contributed by atoms with van der Waals surface area (Å²) < 4.78 is 5.31. The molecule has 0 amide bonds. The van der Waals surface area contributed by atoms with Crippen molar-refractivity contribution in [3.63, 3.8) is 0 Å². The van der Waals surface area contributed by atoms with E-state index in [0.29, 0.717) is 0 Å². The molecule has 1 aliphatic carbocycles. The fourth-order valence-corrected chi connectivity index (χ4v) is 1.83. The Hall–Kier alpha value is -0.900. The molecule has 1 heterocycles. The van der Waals surface area contributed by atoms with Crippen molar-refractivity contribution in [2.24, 2.45) is 0 Å². The van der Waals surface area contributed by atoms with Crippen LogP contribution in [0.25, 0.3) is 0 Å². The molecule has 1 N–H and O–H groups in total. The summed E-state index contributed by atoms with van der Waals surface area (Å²) in [4.78, 5) is 4.41. The van der Waals surface area contributed by atoms with Gasteiger partial charge in [-0.05, 0) is 33.6 Å². The van der Waals surface area contributed by atoms with E-state index in [1.165, 1.54) is 0 Å². The van der Waals surface area contributed by atoms with Crippen molar-refractivity contribution in [1.82, 2.24) is 15.5 Å². The van der Waals surface area contributed by atoms with Crippen LogP contribution < -0.4 is 5.32 Å². The molecule has 0 spiro atoms. The van der Waals surface area contributed by atoms with Gasteiger partial charge in [0.2, 0.25) is 5.89 Å². The van der Waals surface area contributed by atoms with Crippen molar-refractivity contribution in [2.45, 2.75) is 58.0 Å². The lowest BCUT2D eigenvalue weighted by Gasteiger charge is -2.26. The van der Waals surface area contributed by atoms with Gasteiger partial charge in [-0.25, -0.2) is 0 Å². The molecule has 0 aromatic carbocycles. The Balaban J connectivity index is 2.16. The van der Waals surface area contributed by atoms with E-state index in [1.807, 2.05) is 6.92 Å². The standard InChI is InChI=1S/C11H19N3O/c1-5-8-12-9(15-13-8)11(6-7-11)14-10(2,3)4/h14H,5-7H2,1-4H3. The summed E-state index contributed by atoms with van der Waals surface area (Å²) in [6, 6.07) is 0. The van der Waals surface area contributed by atoms with Crippen LogP contribution in [0.15, 0.2) is 4.52 Å². The Bertz CT molecular complexity index is 347. The maximum Gasteiger partial charge on any atom is 0.246 e. The lowest BCUT2D eigenvalue weighted by Crippen LogP contribution is -2.43. The van der Waals surface area contributed by atoms with Gasteiger partial charge in [-0.15, -0.1) is 0 Å². The van der Waals surface area contributed by atoms with E-state index >= 15 is 0 Å². The Kier molecular flexibility index (Phi) is 2.34. The van der Waals surface area contributed by atoms with Crippen molar-refractivity contribution >= 4 is 0 Å². The summed E-state index contributed by atoms with van der Waals surface area (Å²) in [5.74, 6) is 1.56. The molecule has 4 heteroatoms. The average molecular weight is 209 g/mol. The molecule has 2 rings (SSSR count). The number of nitrogens with one attached hydrogen (secondary N) is 1. The van der Waals surface area contributed by atoms with Crippen LogP contribution in [0.4, 0.5) is 0 Å². The second kappa shape index (κ2) is 3.30. The van der Waals surface area contributed by atoms with Gasteiger partial charge in [0.25, 0.3) is 0 Å². The summed E-state index contributed by atoms with van der Waals surface area (Å²) in [7, 11) is 0. The van der Waals surface area contributed by atoms with E-state index in [2.05, 4.69) is 36.2 Å². The molecule has 0 radical (unpaired) electrons. The summed E-state index contributed by atoms with van der Waals surface area (Å²) in [6.07, 6.45) is 3.01. The molecule has 0 aliphatic heterocycles. The quantitative estimate of drug-likeness (QED) is 0.827. The van der Waals surface area contributed by atoms with Crippen LogP contribution in [-0.4, -0.2) is 15.7 Å². The van der Waals surface area contributed by atoms with E-state index in [9.17, 15) is 0 Å². The first-order valence-electron chi connectivity index (χ1n) is 5.58. The SMILES string of the molecule is CCc1noc(C2(NC(C)(C)C)CC2)n1. The Morgan fingerprint density at radius 1 is 1.40 bits per heavy atom. The predicted octanol–water partition coefficient (Wildman–Crippen LogP) is 2.01. The molecule has 4 nitrogen and oxygen atoms in total. The highest BCUT2D eigenvalue weighted by atomic mass is 16.5. The highest BCUT2D eigenvalue weighted by Crippen LogP contribution is 2.45. The fourth-order valence-electron chi connectivity index (χ4n) is 1.83. The molecule has 1 aliphatic rings. The highest BCUT2D eigenvalue weighted by Gasteiger charge is 2.51. The largest absolute Gasteiger partial charge is 0.337 e. The molecule has 0 atom stereocenters. The number of rotatable bonds is 3. The topological polar surface area (TPSA) is 51.0 Å². The van der Waals surface area contributed by atoms with Gasteiger partial charge < -0.3 is 4.52 Å². The molecule has 15 heavy (non-hydrogen) atoms. The predicted molar refractivity (Wildman–Crippen MR) is 57.5 cm³/mol. The minimum Gasteiger partial charge on any atom is -0.337 e. The molecule has 0 unspecified atom stereocenters. The zero-order valence-corrected chi connectivity index (χ0v) is 9.92. The normalized spacial score (nSPS) is 19.2. The first kappa shape index (κ1) is 10.6. The van der Waals surface area contributed by atoms with Gasteiger partial charge >= 0.3 is 0 Å². The molecular weight excluding hydrogens is 190 g/mol. The van der Waals surface area contributed by atoms with Crippen LogP contribution in [0.2, 0.25) is 0 Å². The minimum absolute atomic E-state index is 0.0430. The molecule has 1 aromatic heterocycles. The number of aryl methyl sites for hydroxylation is 1. The third-order valence-electron chi connectivity index (χ3n) is 2.56. The minimum atomic E-state index is -0.0430. The van der Waals surface area contributed by atoms with Crippen LogP contribution in [0.3, 0.4) is 0 Å². The van der Waals surface area contributed by atoms with E-state index < -0.39 is 0 Å². The molecule has 1 saturated carbocycles. The van der Waals surface area contributed by atoms with Crippen molar-refractivity contribution in [1.29, 1.82) is 0 Å². The number of hydrogen-bond donors (Lipinski definition) is 1. The van der Waals surface area contributed by atoms with Crippen LogP contribution in [0, 0.1) is 0 Å². The van der Waals surface area contributed by atoms with Crippen LogP contribution in [-0.2, 0) is 12.0 Å². The third kappa shape index (κ3) is 2.20. The maximum atomic E-state index is 5.31. The number of aromatic nitrogens is 2. The monoisotopic (exact) mass is 209 g/mol. The zero-order chi connectivity index (χ0) is 11.1. The Labute approximate surface area is 90.4 Å². The van der Waals surface area contributed by atoms with Gasteiger partial charge in [0.05, 0.1) is 5.54 Å². The van der Waals surface area contributed by atoms with Gasteiger partial charge in [-0.2, -0.15) is 4.98 Å². The molecule has 0 saturated heterocycles. The fraction of sp³-hybridized carbons (Fsp3) is 0.818. The Morgan fingerprint density at radius 2 is 2.07 bits per heavy atom. The molecule has 1 aromatic rings. The van der Waals surface area contributed by atoms with Crippen LogP contribution >= 0.6 is 0 Å². The molecule has 1 fully saturated rings. The summed E-state index contributed by atoms with van der Waals surface area (Å²) in [6.45, 7) is 8.50. The Morgan fingerprint density at radius 3 is 2.47 bits per heavy atom. The van der Waals surface area contributed by atoms with Gasteiger partial charge in [-0.3, -0.25) is 5.32 Å². The van der Waals surface area contributed by atoms with Gasteiger partial charge in [0.1, 0.15) is 0 Å². The average Bonchev–Trinajstić information content (AvgIpc) is 2.74. The van der Waals surface area contributed by atoms with Crippen molar-refractivity contribution in [2.75, 3.05) is 0 Å². The highest BCUT2D eigenvalue weighted by molar-refractivity contribution is 5.15. The van der Waals surface area contributed by atoms with E-state index in [0.717, 1.165) is 31.0 Å². The lowest BCUT2D eigenvalue weighted by molar-refractivity contribution is 0.270. The first-order chi connectivity index (χ1) is 6.95. The number of hydrogen-bond acceptors (Lipinski definition) is 4. The summed E-state index contributed by atoms with van der Waals surface area (Å²) >= 11 is 0. The van der Waals surface area contributed by atoms with Crippen molar-refractivity contribution in [3.05, 3.63) is 11.7 Å². The van der Waals surface area contributed by atoms with Crippen molar-refractivity contribution in [3.8, 4) is 0 Å². The third-order valence-corrected chi connectivity index (χ3v) is 2.56. The van der Waals surface area contributed by atoms with Crippen LogP contribution in [0.5, 0.6) is 0 Å². The van der Waals surface area contributed by atoms with E-state index in [1.54, 1.807) is 0 Å². The zero-order valence-electron chi connectivity index (χ0n) is 9.92. The molecule has 84 valence electrons. The van der Waals surface area contributed by atoms with Crippen molar-refractivity contribution < 1.29 is 4.52 Å². The molecule has 0 bridgehead atoms. The van der Waals surface area contributed by atoms with Gasteiger partial charge in [0, 0.05) is 12.0 Å². The lowest BCUT2D eigenvalue weighted by atomic mass is 10.1. The van der Waals surface area contributed by atoms with Gasteiger partial charge in [-0.1, -0.05) is 12.1 Å². The summed E-state index contributed by atoms with van der Waals surface area (Å²) in [5, 5.41) is 7.51. The number of nitrogens with zero attached hydrogens (tertiary/aromatic N) is 2.